The van der Waals surface area contributed by atoms with Crippen molar-refractivity contribution in [3.8, 4) is 0 Å². The van der Waals surface area contributed by atoms with Gasteiger partial charge in [-0.2, -0.15) is 0 Å². The molecule has 2 aliphatic rings. The van der Waals surface area contributed by atoms with E-state index in [0.717, 1.165) is 5.57 Å². The lowest BCUT2D eigenvalue weighted by atomic mass is 9.96. The van der Waals surface area contributed by atoms with Crippen molar-refractivity contribution in [2.24, 2.45) is 5.92 Å². The number of hydrogen-bond donors (Lipinski definition) is 3. The first kappa shape index (κ1) is 30.9. The van der Waals surface area contributed by atoms with Crippen LogP contribution in [-0.4, -0.2) is 82.6 Å². The summed E-state index contributed by atoms with van der Waals surface area (Å²) < 4.78 is 22.7. The number of aliphatic hydroxyl groups is 3. The molecule has 1 saturated heterocycles. The van der Waals surface area contributed by atoms with E-state index in [9.17, 15) is 29.7 Å². The SMILES string of the molecule is C/C=C(/C)[C@H]1C/C=C(/C)[C@@H](O[C@H]2O[C@H](CO)[C@@H](O)[C@@H]2O)[C@H](OC(=O)CC(C)C)C(=O)C/C=C(/C)C(=O)O1. The molecular formula is C27H40O10. The largest absolute Gasteiger partial charge is 0.454 e. The number of carbonyl (C=O) groups excluding carboxylic acids is 3. The maximum absolute atomic E-state index is 13.3. The Morgan fingerprint density at radius 1 is 1.16 bits per heavy atom. The van der Waals surface area contributed by atoms with Gasteiger partial charge in [-0.15, -0.1) is 0 Å². The lowest BCUT2D eigenvalue weighted by molar-refractivity contribution is -0.209. The predicted octanol–water partition coefficient (Wildman–Crippen LogP) is 1.90. The summed E-state index contributed by atoms with van der Waals surface area (Å²) in [4.78, 5) is 38.6. The number of aliphatic hydroxyl groups excluding tert-OH is 3. The molecule has 0 aromatic heterocycles. The Morgan fingerprint density at radius 3 is 2.41 bits per heavy atom. The fourth-order valence-corrected chi connectivity index (χ4v) is 3.96. The fraction of sp³-hybridized carbons (Fsp3) is 0.667. The Morgan fingerprint density at radius 2 is 1.84 bits per heavy atom. The second-order valence-electron chi connectivity index (χ2n) is 9.94. The summed E-state index contributed by atoms with van der Waals surface area (Å²) in [6, 6.07) is 0. The summed E-state index contributed by atoms with van der Waals surface area (Å²) in [6.07, 6.45) is -3.52. The van der Waals surface area contributed by atoms with Gasteiger partial charge in [0.25, 0.3) is 0 Å². The molecule has 2 rings (SSSR count). The maximum atomic E-state index is 13.3. The Kier molecular flexibility index (Phi) is 11.6. The number of esters is 2. The van der Waals surface area contributed by atoms with Crippen LogP contribution in [0.3, 0.4) is 0 Å². The maximum Gasteiger partial charge on any atom is 0.334 e. The van der Waals surface area contributed by atoms with Gasteiger partial charge in [0, 0.05) is 24.8 Å². The minimum absolute atomic E-state index is 0.0215. The van der Waals surface area contributed by atoms with Crippen LogP contribution in [-0.2, 0) is 33.3 Å². The summed E-state index contributed by atoms with van der Waals surface area (Å²) in [5.74, 6) is -1.72. The van der Waals surface area contributed by atoms with Crippen molar-refractivity contribution in [2.45, 2.75) is 104 Å². The third-order valence-corrected chi connectivity index (χ3v) is 6.45. The van der Waals surface area contributed by atoms with Crippen LogP contribution in [0.25, 0.3) is 0 Å². The molecule has 0 radical (unpaired) electrons. The van der Waals surface area contributed by atoms with Crippen molar-refractivity contribution in [1.82, 2.24) is 0 Å². The van der Waals surface area contributed by atoms with Crippen molar-refractivity contribution in [3.63, 3.8) is 0 Å². The highest BCUT2D eigenvalue weighted by molar-refractivity contribution is 5.91. The molecule has 0 amide bonds. The van der Waals surface area contributed by atoms with E-state index in [0.29, 0.717) is 5.57 Å². The van der Waals surface area contributed by atoms with Crippen LogP contribution >= 0.6 is 0 Å². The van der Waals surface area contributed by atoms with Crippen molar-refractivity contribution >= 4 is 17.7 Å². The summed E-state index contributed by atoms with van der Waals surface area (Å²) in [5.41, 5.74) is 1.52. The molecule has 0 unspecified atom stereocenters. The van der Waals surface area contributed by atoms with Crippen LogP contribution in [0, 0.1) is 5.92 Å². The Labute approximate surface area is 217 Å². The van der Waals surface area contributed by atoms with E-state index in [-0.39, 0.29) is 30.8 Å². The van der Waals surface area contributed by atoms with Crippen LogP contribution < -0.4 is 0 Å². The molecular weight excluding hydrogens is 484 g/mol. The lowest BCUT2D eigenvalue weighted by Crippen LogP contribution is -2.45. The van der Waals surface area contributed by atoms with Crippen molar-refractivity contribution in [2.75, 3.05) is 6.61 Å². The van der Waals surface area contributed by atoms with Crippen LogP contribution in [0.2, 0.25) is 0 Å². The van der Waals surface area contributed by atoms with E-state index in [4.69, 9.17) is 18.9 Å². The molecule has 2 heterocycles. The molecule has 0 saturated carbocycles. The Balaban J connectivity index is 2.52. The molecule has 2 aliphatic heterocycles. The van der Waals surface area contributed by atoms with Gasteiger partial charge >= 0.3 is 11.9 Å². The number of Topliss-reactive ketones (excluding diaryl/α,β-unsaturated/α-hetero) is 1. The van der Waals surface area contributed by atoms with Gasteiger partial charge in [0.1, 0.15) is 30.5 Å². The van der Waals surface area contributed by atoms with Gasteiger partial charge in [-0.25, -0.2) is 4.79 Å². The Bertz CT molecular complexity index is 918. The number of ether oxygens (including phenoxy) is 4. The van der Waals surface area contributed by atoms with Gasteiger partial charge in [-0.05, 0) is 44.8 Å². The zero-order chi connectivity index (χ0) is 27.9. The number of allylic oxidation sites excluding steroid dienone is 2. The molecule has 0 aliphatic carbocycles. The van der Waals surface area contributed by atoms with E-state index < -0.39 is 67.2 Å². The first-order chi connectivity index (χ1) is 17.4. The molecule has 0 aromatic carbocycles. The zero-order valence-electron chi connectivity index (χ0n) is 22.4. The molecule has 10 nitrogen and oxygen atoms in total. The van der Waals surface area contributed by atoms with Crippen LogP contribution in [0.15, 0.2) is 34.9 Å². The van der Waals surface area contributed by atoms with E-state index in [1.54, 1.807) is 13.0 Å². The smallest absolute Gasteiger partial charge is 0.334 e. The van der Waals surface area contributed by atoms with Gasteiger partial charge in [-0.3, -0.25) is 9.59 Å². The lowest BCUT2D eigenvalue weighted by Gasteiger charge is -2.31. The molecule has 37 heavy (non-hydrogen) atoms. The van der Waals surface area contributed by atoms with Gasteiger partial charge in [0.15, 0.2) is 18.2 Å². The number of hydrogen-bond acceptors (Lipinski definition) is 10. The molecule has 10 heteroatoms. The molecule has 0 bridgehead atoms. The van der Waals surface area contributed by atoms with Gasteiger partial charge in [-0.1, -0.05) is 32.1 Å². The zero-order valence-corrected chi connectivity index (χ0v) is 22.4. The standard InChI is InChI=1S/C27H40O10/c1-7-15(4)19-11-9-16(5)24(37-27-23(32)22(31)20(13-28)35-27)25(36-21(30)12-14(2)3)18(29)10-8-17(6)26(33)34-19/h7-9,14,19-20,22-25,27-28,31-32H,10-13H2,1-6H3/b15-7-,16-9-,17-8-/t19-,20-,22-,23+,24-,25-,27-/m1/s1. The topological polar surface area (TPSA) is 149 Å². The first-order valence-corrected chi connectivity index (χ1v) is 12.6. The molecule has 0 spiro atoms. The van der Waals surface area contributed by atoms with E-state index in [2.05, 4.69) is 0 Å². The third kappa shape index (κ3) is 8.31. The Hall–Kier alpha value is -2.37. The van der Waals surface area contributed by atoms with Gasteiger partial charge < -0.3 is 34.3 Å². The molecule has 208 valence electrons. The highest BCUT2D eigenvalue weighted by atomic mass is 16.7. The second kappa shape index (κ2) is 14.0. The minimum Gasteiger partial charge on any atom is -0.454 e. The van der Waals surface area contributed by atoms with Crippen LogP contribution in [0.5, 0.6) is 0 Å². The third-order valence-electron chi connectivity index (χ3n) is 6.45. The van der Waals surface area contributed by atoms with Gasteiger partial charge in [0.05, 0.1) is 6.61 Å². The summed E-state index contributed by atoms with van der Waals surface area (Å²) in [5, 5.41) is 30.1. The van der Waals surface area contributed by atoms with Crippen molar-refractivity contribution < 1.29 is 48.7 Å². The normalized spacial score (nSPS) is 35.1. The van der Waals surface area contributed by atoms with Crippen LogP contribution in [0.1, 0.15) is 60.8 Å². The second-order valence-corrected chi connectivity index (χ2v) is 9.94. The summed E-state index contributed by atoms with van der Waals surface area (Å²) in [7, 11) is 0. The van der Waals surface area contributed by atoms with E-state index in [1.807, 2.05) is 33.8 Å². The monoisotopic (exact) mass is 524 g/mol. The molecule has 3 N–H and O–H groups in total. The molecule has 7 atom stereocenters. The number of ketones is 1. The fourth-order valence-electron chi connectivity index (χ4n) is 3.96. The minimum atomic E-state index is -1.51. The average Bonchev–Trinajstić information content (AvgIpc) is 3.12. The first-order valence-electron chi connectivity index (χ1n) is 12.6. The summed E-state index contributed by atoms with van der Waals surface area (Å²) >= 11 is 0. The number of carbonyl (C=O) groups is 3. The highest BCUT2D eigenvalue weighted by Crippen LogP contribution is 2.29. The van der Waals surface area contributed by atoms with Crippen molar-refractivity contribution in [1.29, 1.82) is 0 Å². The van der Waals surface area contributed by atoms with E-state index >= 15 is 0 Å². The van der Waals surface area contributed by atoms with E-state index in [1.165, 1.54) is 13.0 Å². The average molecular weight is 525 g/mol. The number of rotatable bonds is 7. The summed E-state index contributed by atoms with van der Waals surface area (Å²) in [6.45, 7) is 9.99. The van der Waals surface area contributed by atoms with Crippen molar-refractivity contribution in [3.05, 3.63) is 34.9 Å². The predicted molar refractivity (Wildman–Crippen MR) is 133 cm³/mol. The van der Waals surface area contributed by atoms with Gasteiger partial charge in [0.2, 0.25) is 0 Å². The molecule has 1 fully saturated rings. The highest BCUT2D eigenvalue weighted by Gasteiger charge is 2.46. The van der Waals surface area contributed by atoms with Crippen LogP contribution in [0.4, 0.5) is 0 Å². The quantitative estimate of drug-likeness (QED) is 0.333. The molecule has 0 aromatic rings. The number of cyclic esters (lactones) is 1.